The van der Waals surface area contributed by atoms with Crippen molar-refractivity contribution in [1.82, 2.24) is 9.88 Å². The van der Waals surface area contributed by atoms with E-state index in [9.17, 15) is 0 Å². The van der Waals surface area contributed by atoms with Gasteiger partial charge in [0.05, 0.1) is 6.17 Å². The Bertz CT molecular complexity index is 365. The highest BCUT2D eigenvalue weighted by molar-refractivity contribution is 9.10. The van der Waals surface area contributed by atoms with E-state index in [1.54, 1.807) is 0 Å². The molecule has 3 rings (SSSR count). The summed E-state index contributed by atoms with van der Waals surface area (Å²) in [6, 6.07) is 4.16. The van der Waals surface area contributed by atoms with Crippen LogP contribution in [0.15, 0.2) is 22.8 Å². The molecule has 0 amide bonds. The van der Waals surface area contributed by atoms with Crippen molar-refractivity contribution in [2.75, 3.05) is 25.0 Å². The Hall–Kier alpha value is -0.610. The average molecular weight is 268 g/mol. The third-order valence-corrected chi connectivity index (χ3v) is 3.89. The van der Waals surface area contributed by atoms with E-state index in [0.29, 0.717) is 6.17 Å². The van der Waals surface area contributed by atoms with Gasteiger partial charge in [-0.05, 0) is 47.4 Å². The van der Waals surface area contributed by atoms with Gasteiger partial charge < -0.3 is 4.90 Å². The first kappa shape index (κ1) is 9.60. The third-order valence-electron chi connectivity index (χ3n) is 3.42. The van der Waals surface area contributed by atoms with Gasteiger partial charge in [-0.3, -0.25) is 4.90 Å². The van der Waals surface area contributed by atoms with Gasteiger partial charge in [-0.1, -0.05) is 0 Å². The van der Waals surface area contributed by atoms with Gasteiger partial charge in [0.25, 0.3) is 0 Å². The number of likely N-dealkylation sites (tertiary alicyclic amines) is 1. The minimum absolute atomic E-state index is 0.573. The number of fused-ring (bicyclic) bond motifs is 2. The van der Waals surface area contributed by atoms with Crippen LogP contribution in [0, 0.1) is 5.92 Å². The fourth-order valence-electron chi connectivity index (χ4n) is 2.76. The lowest BCUT2D eigenvalue weighted by atomic mass is 10.2. The second-order valence-electron chi connectivity index (χ2n) is 4.51. The van der Waals surface area contributed by atoms with E-state index in [4.69, 9.17) is 0 Å². The lowest BCUT2D eigenvalue weighted by Gasteiger charge is -2.34. The van der Waals surface area contributed by atoms with Crippen molar-refractivity contribution in [2.24, 2.45) is 5.92 Å². The summed E-state index contributed by atoms with van der Waals surface area (Å²) in [5.74, 6) is 1.95. The normalized spacial score (nSPS) is 30.1. The average Bonchev–Trinajstić information content (AvgIpc) is 2.77. The first-order valence-electron chi connectivity index (χ1n) is 5.32. The Morgan fingerprint density at radius 2 is 2.27 bits per heavy atom. The van der Waals surface area contributed by atoms with E-state index in [2.05, 4.69) is 49.9 Å². The number of hydrogen-bond acceptors (Lipinski definition) is 3. The summed E-state index contributed by atoms with van der Waals surface area (Å²) in [6.45, 7) is 2.42. The molecule has 0 aliphatic carbocycles. The molecule has 80 valence electrons. The van der Waals surface area contributed by atoms with Gasteiger partial charge in [-0.2, -0.15) is 0 Å². The molecule has 15 heavy (non-hydrogen) atoms. The van der Waals surface area contributed by atoms with Crippen LogP contribution in [0.4, 0.5) is 5.82 Å². The van der Waals surface area contributed by atoms with Gasteiger partial charge in [0.2, 0.25) is 0 Å². The molecular formula is C11H14BrN3. The zero-order valence-corrected chi connectivity index (χ0v) is 10.3. The molecule has 1 aromatic heterocycles. The first-order chi connectivity index (χ1) is 7.24. The molecule has 0 N–H and O–H groups in total. The van der Waals surface area contributed by atoms with Crippen LogP contribution in [0.3, 0.4) is 0 Å². The zero-order chi connectivity index (χ0) is 10.4. The maximum absolute atomic E-state index is 4.47. The minimum atomic E-state index is 0.573. The maximum atomic E-state index is 4.47. The second-order valence-corrected chi connectivity index (χ2v) is 5.42. The minimum Gasteiger partial charge on any atom is -0.341 e. The largest absolute Gasteiger partial charge is 0.341 e. The van der Waals surface area contributed by atoms with Crippen molar-refractivity contribution in [3.63, 3.8) is 0 Å². The van der Waals surface area contributed by atoms with Crippen LogP contribution < -0.4 is 4.90 Å². The van der Waals surface area contributed by atoms with Crippen molar-refractivity contribution in [2.45, 2.75) is 12.6 Å². The van der Waals surface area contributed by atoms with Crippen molar-refractivity contribution in [3.05, 3.63) is 22.8 Å². The lowest BCUT2D eigenvalue weighted by Crippen LogP contribution is -2.45. The summed E-state index contributed by atoms with van der Waals surface area (Å²) < 4.78 is 1.05. The van der Waals surface area contributed by atoms with Crippen LogP contribution in [0.1, 0.15) is 6.42 Å². The molecule has 2 aliphatic rings. The van der Waals surface area contributed by atoms with Crippen molar-refractivity contribution in [3.8, 4) is 0 Å². The zero-order valence-electron chi connectivity index (χ0n) is 8.73. The SMILES string of the molecule is CN1CC2CC1N(c1ccc(Br)cn1)C2. The summed E-state index contributed by atoms with van der Waals surface area (Å²) in [7, 11) is 2.20. The number of pyridine rings is 1. The summed E-state index contributed by atoms with van der Waals surface area (Å²) in [4.78, 5) is 9.31. The monoisotopic (exact) mass is 267 g/mol. The Kier molecular flexibility index (Phi) is 2.21. The van der Waals surface area contributed by atoms with E-state index in [-0.39, 0.29) is 0 Å². The number of nitrogens with zero attached hydrogens (tertiary/aromatic N) is 3. The summed E-state index contributed by atoms with van der Waals surface area (Å²) in [5, 5.41) is 0. The number of halogens is 1. The highest BCUT2D eigenvalue weighted by Gasteiger charge is 2.41. The summed E-state index contributed by atoms with van der Waals surface area (Å²) >= 11 is 3.42. The van der Waals surface area contributed by atoms with Crippen LogP contribution in [0.25, 0.3) is 0 Å². The molecule has 2 bridgehead atoms. The summed E-state index contributed by atoms with van der Waals surface area (Å²) in [5.41, 5.74) is 0. The molecule has 0 saturated carbocycles. The van der Waals surface area contributed by atoms with Gasteiger partial charge in [-0.15, -0.1) is 0 Å². The van der Waals surface area contributed by atoms with Crippen LogP contribution in [0.5, 0.6) is 0 Å². The topological polar surface area (TPSA) is 19.4 Å². The van der Waals surface area contributed by atoms with E-state index in [0.717, 1.165) is 16.2 Å². The van der Waals surface area contributed by atoms with Crippen LogP contribution in [-0.2, 0) is 0 Å². The molecule has 0 aromatic carbocycles. The van der Waals surface area contributed by atoms with Gasteiger partial charge in [-0.25, -0.2) is 4.98 Å². The number of anilines is 1. The highest BCUT2D eigenvalue weighted by Crippen LogP contribution is 2.35. The molecule has 2 atom stereocenters. The van der Waals surface area contributed by atoms with Crippen LogP contribution in [0.2, 0.25) is 0 Å². The third kappa shape index (κ3) is 1.56. The van der Waals surface area contributed by atoms with Gasteiger partial charge >= 0.3 is 0 Å². The van der Waals surface area contributed by atoms with E-state index >= 15 is 0 Å². The molecular weight excluding hydrogens is 254 g/mol. The number of aromatic nitrogens is 1. The van der Waals surface area contributed by atoms with E-state index < -0.39 is 0 Å². The standard InChI is InChI=1S/C11H14BrN3/c1-14-6-8-4-11(14)15(7-8)10-3-2-9(12)5-13-10/h2-3,5,8,11H,4,6-7H2,1H3. The lowest BCUT2D eigenvalue weighted by molar-refractivity contribution is 0.273. The molecule has 0 spiro atoms. The Balaban J connectivity index is 1.86. The molecule has 3 heterocycles. The molecule has 2 unspecified atom stereocenters. The fraction of sp³-hybridized carbons (Fsp3) is 0.545. The highest BCUT2D eigenvalue weighted by atomic mass is 79.9. The van der Waals surface area contributed by atoms with Crippen molar-refractivity contribution < 1.29 is 0 Å². The predicted molar refractivity (Wildman–Crippen MR) is 63.8 cm³/mol. The van der Waals surface area contributed by atoms with Gasteiger partial charge in [0.1, 0.15) is 5.82 Å². The van der Waals surface area contributed by atoms with Crippen LogP contribution in [-0.4, -0.2) is 36.2 Å². The van der Waals surface area contributed by atoms with E-state index in [1.165, 1.54) is 19.5 Å². The number of hydrogen-bond donors (Lipinski definition) is 0. The molecule has 3 nitrogen and oxygen atoms in total. The fourth-order valence-corrected chi connectivity index (χ4v) is 3.00. The molecule has 0 radical (unpaired) electrons. The summed E-state index contributed by atoms with van der Waals surface area (Å²) in [6.07, 6.45) is 3.75. The Morgan fingerprint density at radius 1 is 1.40 bits per heavy atom. The Labute approximate surface area is 98.2 Å². The van der Waals surface area contributed by atoms with Crippen LogP contribution >= 0.6 is 15.9 Å². The number of rotatable bonds is 1. The molecule has 2 fully saturated rings. The smallest absolute Gasteiger partial charge is 0.129 e. The molecule has 2 aliphatic heterocycles. The quantitative estimate of drug-likeness (QED) is 0.776. The first-order valence-corrected chi connectivity index (χ1v) is 6.12. The maximum Gasteiger partial charge on any atom is 0.129 e. The molecule has 2 saturated heterocycles. The van der Waals surface area contributed by atoms with Crippen molar-refractivity contribution in [1.29, 1.82) is 0 Å². The second kappa shape index (κ2) is 3.46. The van der Waals surface area contributed by atoms with Gasteiger partial charge in [0, 0.05) is 23.8 Å². The Morgan fingerprint density at radius 3 is 2.87 bits per heavy atom. The molecule has 1 aromatic rings. The predicted octanol–water partition coefficient (Wildman–Crippen LogP) is 1.94. The van der Waals surface area contributed by atoms with E-state index in [1.807, 2.05) is 6.20 Å². The van der Waals surface area contributed by atoms with Crippen molar-refractivity contribution >= 4 is 21.7 Å². The molecule has 4 heteroatoms. The van der Waals surface area contributed by atoms with Gasteiger partial charge in [0.15, 0.2) is 0 Å².